The zero-order chi connectivity index (χ0) is 19.8. The number of carbonyl (C=O) groups is 3. The first-order chi connectivity index (χ1) is 13.2. The van der Waals surface area contributed by atoms with Gasteiger partial charge in [0, 0.05) is 11.8 Å². The van der Waals surface area contributed by atoms with Gasteiger partial charge in [-0.15, -0.1) is 0 Å². The first-order valence-electron chi connectivity index (χ1n) is 9.21. The average molecular weight is 402 g/mol. The van der Waals surface area contributed by atoms with E-state index in [1.54, 1.807) is 6.08 Å². The zero-order valence-corrected chi connectivity index (χ0v) is 14.5. The Morgan fingerprint density at radius 3 is 2.57 bits per heavy atom. The van der Waals surface area contributed by atoms with Crippen molar-refractivity contribution in [3.05, 3.63) is 12.2 Å². The Kier molecular flexibility index (Phi) is 3.82. The number of carbonyl (C=O) groups excluding carboxylic acids is 3. The molecule has 0 spiro atoms. The van der Waals surface area contributed by atoms with Gasteiger partial charge in [-0.3, -0.25) is 14.4 Å². The van der Waals surface area contributed by atoms with Gasteiger partial charge in [0.15, 0.2) is 6.61 Å². The lowest BCUT2D eigenvalue weighted by molar-refractivity contribution is -0.193. The van der Waals surface area contributed by atoms with Crippen LogP contribution in [0.3, 0.4) is 0 Å². The van der Waals surface area contributed by atoms with E-state index in [9.17, 15) is 27.6 Å². The van der Waals surface area contributed by atoms with Crippen molar-refractivity contribution < 1.29 is 46.5 Å². The van der Waals surface area contributed by atoms with Crippen LogP contribution < -0.4 is 0 Å². The van der Waals surface area contributed by atoms with Crippen LogP contribution in [0.25, 0.3) is 0 Å². The van der Waals surface area contributed by atoms with Gasteiger partial charge in [-0.1, -0.05) is 12.2 Å². The maximum absolute atomic E-state index is 12.6. The molecule has 5 aliphatic rings. The molecule has 0 aromatic carbocycles. The van der Waals surface area contributed by atoms with Crippen molar-refractivity contribution in [2.45, 2.75) is 43.4 Å². The van der Waals surface area contributed by atoms with E-state index in [4.69, 9.17) is 14.2 Å². The highest BCUT2D eigenvalue weighted by atomic mass is 19.4. The maximum atomic E-state index is 12.6. The molecule has 9 atom stereocenters. The van der Waals surface area contributed by atoms with Crippen molar-refractivity contribution in [3.63, 3.8) is 0 Å². The summed E-state index contributed by atoms with van der Waals surface area (Å²) in [4.78, 5) is 37.1. The molecule has 0 aromatic heterocycles. The van der Waals surface area contributed by atoms with Crippen LogP contribution >= 0.6 is 0 Å². The van der Waals surface area contributed by atoms with Gasteiger partial charge in [0.05, 0.1) is 30.0 Å². The van der Waals surface area contributed by atoms with Gasteiger partial charge < -0.3 is 18.9 Å². The second-order valence-corrected chi connectivity index (χ2v) is 8.01. The second kappa shape index (κ2) is 5.95. The molecule has 4 bridgehead atoms. The normalized spacial score (nSPS) is 44.8. The number of fused-ring (bicyclic) bond motifs is 3. The second-order valence-electron chi connectivity index (χ2n) is 8.01. The highest BCUT2D eigenvalue weighted by molar-refractivity contribution is 5.86. The lowest BCUT2D eigenvalue weighted by Gasteiger charge is -2.31. The molecule has 2 saturated heterocycles. The summed E-state index contributed by atoms with van der Waals surface area (Å²) in [6.07, 6.45) is -2.12. The Balaban J connectivity index is 1.31. The third-order valence-electron chi connectivity index (χ3n) is 6.48. The number of ether oxygens (including phenoxy) is 4. The molecule has 28 heavy (non-hydrogen) atoms. The molecule has 2 aliphatic carbocycles. The van der Waals surface area contributed by atoms with E-state index in [1.807, 2.05) is 6.08 Å². The summed E-state index contributed by atoms with van der Waals surface area (Å²) in [7, 11) is 0. The minimum atomic E-state index is -4.66. The first kappa shape index (κ1) is 18.0. The molecule has 0 N–H and O–H groups in total. The van der Waals surface area contributed by atoms with Gasteiger partial charge >= 0.3 is 24.1 Å². The molecule has 0 radical (unpaired) electrons. The number of alkyl halides is 3. The summed E-state index contributed by atoms with van der Waals surface area (Å²) >= 11 is 0. The number of hydrogen-bond acceptors (Lipinski definition) is 7. The molecule has 3 aliphatic heterocycles. The molecule has 4 fully saturated rings. The van der Waals surface area contributed by atoms with Crippen LogP contribution in [0.15, 0.2) is 12.2 Å². The standard InChI is InChI=1S/C18H17F3O7/c19-18(20,21)5-25-16(23)11-8-4-9-12(11)17(24)28-14(9)13(8)27-15(22)7-3-6-1-2-10(7)26-6/h1-2,6-14H,3-5H2. The van der Waals surface area contributed by atoms with Crippen molar-refractivity contribution in [1.29, 1.82) is 0 Å². The smallest absolute Gasteiger partial charge is 0.422 e. The third-order valence-corrected chi connectivity index (χ3v) is 6.48. The lowest BCUT2D eigenvalue weighted by Crippen LogP contribution is -2.45. The van der Waals surface area contributed by atoms with Crippen LogP contribution in [0.2, 0.25) is 0 Å². The summed E-state index contributed by atoms with van der Waals surface area (Å²) in [5.74, 6) is -5.59. The molecule has 9 unspecified atom stereocenters. The molecule has 3 heterocycles. The molecular formula is C18H17F3O7. The summed E-state index contributed by atoms with van der Waals surface area (Å²) in [5.41, 5.74) is 0. The molecule has 152 valence electrons. The Morgan fingerprint density at radius 1 is 1.14 bits per heavy atom. The SMILES string of the molecule is O=C(OC1C2CC3C1OC(=O)C3C2C(=O)OCC(F)(F)F)C1CC2C=CC1O2. The van der Waals surface area contributed by atoms with E-state index >= 15 is 0 Å². The largest absolute Gasteiger partial charge is 0.458 e. The molecular weight excluding hydrogens is 385 g/mol. The predicted molar refractivity (Wildman–Crippen MR) is 81.3 cm³/mol. The zero-order valence-electron chi connectivity index (χ0n) is 14.5. The fraction of sp³-hybridized carbons (Fsp3) is 0.722. The first-order valence-corrected chi connectivity index (χ1v) is 9.21. The summed E-state index contributed by atoms with van der Waals surface area (Å²) in [5, 5.41) is 0. The minimum absolute atomic E-state index is 0.124. The van der Waals surface area contributed by atoms with Gasteiger partial charge in [-0.2, -0.15) is 13.2 Å². The van der Waals surface area contributed by atoms with E-state index < -0.39 is 66.6 Å². The van der Waals surface area contributed by atoms with Crippen molar-refractivity contribution in [1.82, 2.24) is 0 Å². The summed E-state index contributed by atoms with van der Waals surface area (Å²) in [6.45, 7) is -1.72. The Morgan fingerprint density at radius 2 is 1.93 bits per heavy atom. The van der Waals surface area contributed by atoms with Crippen LogP contribution in [0.4, 0.5) is 13.2 Å². The molecule has 0 amide bonds. The van der Waals surface area contributed by atoms with Gasteiger partial charge in [0.1, 0.15) is 12.2 Å². The Hall–Kier alpha value is -2.10. The van der Waals surface area contributed by atoms with Gasteiger partial charge in [0.2, 0.25) is 0 Å². The van der Waals surface area contributed by atoms with Crippen molar-refractivity contribution in [3.8, 4) is 0 Å². The minimum Gasteiger partial charge on any atom is -0.458 e. The molecule has 0 aromatic rings. The number of hydrogen-bond donors (Lipinski definition) is 0. The predicted octanol–water partition coefficient (Wildman–Crippen LogP) is 1.15. The third kappa shape index (κ3) is 2.64. The van der Waals surface area contributed by atoms with Crippen LogP contribution in [0, 0.1) is 29.6 Å². The molecule has 10 heteroatoms. The maximum Gasteiger partial charge on any atom is 0.422 e. The molecule has 2 saturated carbocycles. The van der Waals surface area contributed by atoms with Crippen LogP contribution in [-0.2, 0) is 33.3 Å². The number of halogens is 3. The number of esters is 3. The Bertz CT molecular complexity index is 763. The van der Waals surface area contributed by atoms with Crippen LogP contribution in [-0.4, -0.2) is 55.1 Å². The van der Waals surface area contributed by atoms with E-state index in [0.29, 0.717) is 12.8 Å². The average Bonchev–Trinajstić information content (AvgIpc) is 3.40. The van der Waals surface area contributed by atoms with Gasteiger partial charge in [-0.05, 0) is 12.8 Å². The van der Waals surface area contributed by atoms with E-state index in [1.165, 1.54) is 0 Å². The monoisotopic (exact) mass is 402 g/mol. The number of rotatable bonds is 4. The van der Waals surface area contributed by atoms with Crippen molar-refractivity contribution in [2.75, 3.05) is 6.61 Å². The summed E-state index contributed by atoms with van der Waals surface area (Å²) in [6, 6.07) is 0. The lowest BCUT2D eigenvalue weighted by atomic mass is 9.78. The van der Waals surface area contributed by atoms with E-state index in [2.05, 4.69) is 4.74 Å². The quantitative estimate of drug-likeness (QED) is 0.396. The molecule has 5 rings (SSSR count). The topological polar surface area (TPSA) is 88.1 Å². The van der Waals surface area contributed by atoms with E-state index in [0.717, 1.165) is 0 Å². The van der Waals surface area contributed by atoms with E-state index in [-0.39, 0.29) is 18.1 Å². The summed E-state index contributed by atoms with van der Waals surface area (Å²) < 4.78 is 58.1. The fourth-order valence-electron chi connectivity index (χ4n) is 5.44. The van der Waals surface area contributed by atoms with Crippen LogP contribution in [0.5, 0.6) is 0 Å². The highest BCUT2D eigenvalue weighted by Gasteiger charge is 2.70. The fourth-order valence-corrected chi connectivity index (χ4v) is 5.44. The van der Waals surface area contributed by atoms with Gasteiger partial charge in [0.25, 0.3) is 0 Å². The van der Waals surface area contributed by atoms with Crippen LogP contribution in [0.1, 0.15) is 12.8 Å². The van der Waals surface area contributed by atoms with Crippen molar-refractivity contribution in [2.24, 2.45) is 29.6 Å². The Labute approximate surface area is 157 Å². The molecule has 7 nitrogen and oxygen atoms in total. The van der Waals surface area contributed by atoms with Gasteiger partial charge in [-0.25, -0.2) is 0 Å². The highest BCUT2D eigenvalue weighted by Crippen LogP contribution is 2.59. The van der Waals surface area contributed by atoms with Crippen molar-refractivity contribution >= 4 is 17.9 Å².